The Hall–Kier alpha value is -0.740. The average molecular weight is 607 g/mol. The standard InChI is InChI=1S/C33H58N4O4S/c1-23-14-17-27(18-15-23)42(38,39)37-30(21-29(34-37)25-16-19-31(40-2)32(20-25)41-3)28-22-36(26-12-8-5-9-13-26)35-33(28)24-10-6-4-7-11-24/h23-28,30-33,35H,4-22H2,1-3H3. The van der Waals surface area contributed by atoms with Crippen LogP contribution in [-0.4, -0.2) is 79.9 Å². The molecule has 42 heavy (non-hydrogen) atoms. The largest absolute Gasteiger partial charge is 0.379 e. The number of methoxy groups -OCH3 is 2. The van der Waals surface area contributed by atoms with Crippen molar-refractivity contribution in [3.8, 4) is 0 Å². The van der Waals surface area contributed by atoms with E-state index >= 15 is 0 Å². The molecule has 2 aliphatic heterocycles. The summed E-state index contributed by atoms with van der Waals surface area (Å²) in [6.45, 7) is 3.21. The minimum Gasteiger partial charge on any atom is -0.379 e. The highest BCUT2D eigenvalue weighted by molar-refractivity contribution is 7.89. The Morgan fingerprint density at radius 2 is 1.48 bits per heavy atom. The van der Waals surface area contributed by atoms with Gasteiger partial charge in [0, 0.05) is 56.8 Å². The lowest BCUT2D eigenvalue weighted by molar-refractivity contribution is -0.0639. The summed E-state index contributed by atoms with van der Waals surface area (Å²) in [4.78, 5) is 0. The number of hydrogen-bond donors (Lipinski definition) is 1. The fraction of sp³-hybridized carbons (Fsp3) is 0.970. The van der Waals surface area contributed by atoms with Gasteiger partial charge in [-0.05, 0) is 82.5 Å². The summed E-state index contributed by atoms with van der Waals surface area (Å²) >= 11 is 0. The third-order valence-corrected chi connectivity index (χ3v) is 14.4. The minimum absolute atomic E-state index is 0.0327. The van der Waals surface area contributed by atoms with Gasteiger partial charge in [-0.1, -0.05) is 45.4 Å². The number of hydrazine groups is 1. The van der Waals surface area contributed by atoms with Crippen LogP contribution in [0, 0.1) is 23.7 Å². The summed E-state index contributed by atoms with van der Waals surface area (Å²) in [5, 5.41) is 7.43. The maximum absolute atomic E-state index is 14.5. The Morgan fingerprint density at radius 1 is 0.810 bits per heavy atom. The molecule has 6 unspecified atom stereocenters. The van der Waals surface area contributed by atoms with E-state index in [2.05, 4.69) is 17.4 Å². The van der Waals surface area contributed by atoms with E-state index < -0.39 is 10.0 Å². The molecule has 0 aromatic rings. The fourth-order valence-electron chi connectivity index (χ4n) is 9.58. The van der Waals surface area contributed by atoms with Crippen molar-refractivity contribution >= 4 is 15.7 Å². The van der Waals surface area contributed by atoms with Gasteiger partial charge in [-0.3, -0.25) is 5.43 Å². The molecule has 4 saturated carbocycles. The van der Waals surface area contributed by atoms with Crippen molar-refractivity contribution in [1.82, 2.24) is 14.8 Å². The smallest absolute Gasteiger partial charge is 0.252 e. The lowest BCUT2D eigenvalue weighted by atomic mass is 9.75. The Balaban J connectivity index is 1.29. The van der Waals surface area contributed by atoms with Crippen LogP contribution in [-0.2, 0) is 19.5 Å². The molecule has 5 fully saturated rings. The minimum atomic E-state index is -3.53. The van der Waals surface area contributed by atoms with Crippen LogP contribution in [0.15, 0.2) is 5.10 Å². The van der Waals surface area contributed by atoms with E-state index in [0.29, 0.717) is 23.9 Å². The molecular weight excluding hydrogens is 548 g/mol. The van der Waals surface area contributed by atoms with Gasteiger partial charge in [0.2, 0.25) is 0 Å². The van der Waals surface area contributed by atoms with Crippen molar-refractivity contribution < 1.29 is 17.9 Å². The molecule has 2 heterocycles. The quantitative estimate of drug-likeness (QED) is 0.372. The van der Waals surface area contributed by atoms with Gasteiger partial charge >= 0.3 is 0 Å². The highest BCUT2D eigenvalue weighted by Gasteiger charge is 2.52. The Labute approximate surface area is 255 Å². The number of ether oxygens (including phenoxy) is 2. The molecule has 0 bridgehead atoms. The summed E-state index contributed by atoms with van der Waals surface area (Å²) in [7, 11) is 0.0188. The summed E-state index contributed by atoms with van der Waals surface area (Å²) < 4.78 is 42.3. The van der Waals surface area contributed by atoms with Crippen LogP contribution in [0.25, 0.3) is 0 Å². The predicted octanol–water partition coefficient (Wildman–Crippen LogP) is 5.87. The molecule has 1 saturated heterocycles. The topological polar surface area (TPSA) is 83.5 Å². The first-order chi connectivity index (χ1) is 20.4. The Bertz CT molecular complexity index is 1020. The number of sulfonamides is 1. The van der Waals surface area contributed by atoms with Crippen LogP contribution in [0.5, 0.6) is 0 Å². The first-order valence-corrected chi connectivity index (χ1v) is 19.1. The molecule has 0 spiro atoms. The number of rotatable bonds is 8. The van der Waals surface area contributed by atoms with Crippen LogP contribution >= 0.6 is 0 Å². The fourth-order valence-corrected chi connectivity index (χ4v) is 11.6. The molecule has 4 aliphatic carbocycles. The Kier molecular flexibility index (Phi) is 10.2. The second kappa shape index (κ2) is 13.7. The van der Waals surface area contributed by atoms with Crippen molar-refractivity contribution in [3.63, 3.8) is 0 Å². The molecule has 240 valence electrons. The van der Waals surface area contributed by atoms with E-state index in [1.54, 1.807) is 18.6 Å². The van der Waals surface area contributed by atoms with Gasteiger partial charge in [-0.15, -0.1) is 0 Å². The summed E-state index contributed by atoms with van der Waals surface area (Å²) in [5.74, 6) is 1.76. The molecule has 6 rings (SSSR count). The number of hydrazone groups is 1. The van der Waals surface area contributed by atoms with E-state index in [0.717, 1.165) is 63.6 Å². The van der Waals surface area contributed by atoms with Gasteiger partial charge in [0.25, 0.3) is 10.0 Å². The lowest BCUT2D eigenvalue weighted by Crippen LogP contribution is -2.49. The van der Waals surface area contributed by atoms with Gasteiger partial charge < -0.3 is 9.47 Å². The molecular formula is C33H58N4O4S. The molecule has 0 amide bonds. The third kappa shape index (κ3) is 6.47. The van der Waals surface area contributed by atoms with Crippen LogP contribution in [0.4, 0.5) is 0 Å². The van der Waals surface area contributed by atoms with E-state index in [1.807, 2.05) is 0 Å². The predicted molar refractivity (Wildman–Crippen MR) is 168 cm³/mol. The van der Waals surface area contributed by atoms with E-state index in [1.165, 1.54) is 64.2 Å². The molecule has 0 aromatic carbocycles. The van der Waals surface area contributed by atoms with Crippen LogP contribution in [0.1, 0.15) is 122 Å². The van der Waals surface area contributed by atoms with Crippen molar-refractivity contribution in [2.75, 3.05) is 20.8 Å². The molecule has 6 atom stereocenters. The van der Waals surface area contributed by atoms with E-state index in [9.17, 15) is 8.42 Å². The Morgan fingerprint density at radius 3 is 2.14 bits per heavy atom. The molecule has 6 aliphatic rings. The van der Waals surface area contributed by atoms with Gasteiger partial charge in [0.15, 0.2) is 0 Å². The number of nitrogens with one attached hydrogen (secondary N) is 1. The number of hydrogen-bond acceptors (Lipinski definition) is 7. The van der Waals surface area contributed by atoms with Crippen molar-refractivity contribution in [2.45, 2.75) is 158 Å². The molecule has 0 radical (unpaired) electrons. The maximum Gasteiger partial charge on any atom is 0.252 e. The monoisotopic (exact) mass is 606 g/mol. The average Bonchev–Trinajstić information content (AvgIpc) is 3.68. The van der Waals surface area contributed by atoms with E-state index in [-0.39, 0.29) is 35.3 Å². The van der Waals surface area contributed by atoms with Crippen molar-refractivity contribution in [3.05, 3.63) is 0 Å². The van der Waals surface area contributed by atoms with Gasteiger partial charge in [0.1, 0.15) is 0 Å². The molecule has 0 aromatic heterocycles. The SMILES string of the molecule is COC1CCC(C2=NN(S(=O)(=O)C3CCC(C)CC3)C(C3CN(C4CCCCC4)NC3C3CCCCC3)C2)CC1OC. The van der Waals surface area contributed by atoms with E-state index in [4.69, 9.17) is 14.6 Å². The lowest BCUT2D eigenvalue weighted by Gasteiger charge is -2.37. The second-order valence-electron chi connectivity index (χ2n) is 14.8. The van der Waals surface area contributed by atoms with Gasteiger partial charge in [-0.2, -0.15) is 9.52 Å². The van der Waals surface area contributed by atoms with Gasteiger partial charge in [-0.25, -0.2) is 13.4 Å². The van der Waals surface area contributed by atoms with Crippen LogP contribution in [0.3, 0.4) is 0 Å². The summed E-state index contributed by atoms with van der Waals surface area (Å²) in [5.41, 5.74) is 5.16. The highest BCUT2D eigenvalue weighted by atomic mass is 32.2. The summed E-state index contributed by atoms with van der Waals surface area (Å²) in [6.07, 6.45) is 20.2. The first kappa shape index (κ1) is 31.3. The highest BCUT2D eigenvalue weighted by Crippen LogP contribution is 2.43. The maximum atomic E-state index is 14.5. The third-order valence-electron chi connectivity index (χ3n) is 12.2. The number of nitrogens with zero attached hydrogens (tertiary/aromatic N) is 3. The zero-order valence-electron chi connectivity index (χ0n) is 26.6. The van der Waals surface area contributed by atoms with Crippen LogP contribution < -0.4 is 5.43 Å². The zero-order valence-corrected chi connectivity index (χ0v) is 27.4. The van der Waals surface area contributed by atoms with Crippen LogP contribution in [0.2, 0.25) is 0 Å². The second-order valence-corrected chi connectivity index (χ2v) is 16.9. The van der Waals surface area contributed by atoms with Gasteiger partial charge in [0.05, 0.1) is 23.5 Å². The first-order valence-electron chi connectivity index (χ1n) is 17.6. The van der Waals surface area contributed by atoms with Crippen molar-refractivity contribution in [2.24, 2.45) is 28.8 Å². The molecule has 9 heteroatoms. The zero-order chi connectivity index (χ0) is 29.3. The van der Waals surface area contributed by atoms with Crippen molar-refractivity contribution in [1.29, 1.82) is 0 Å². The molecule has 1 N–H and O–H groups in total. The molecule has 8 nitrogen and oxygen atoms in total. The normalized spacial score (nSPS) is 40.0. The summed E-state index contributed by atoms with van der Waals surface area (Å²) in [6, 6.07) is 0.832.